The molecule has 2 aromatic rings. The van der Waals surface area contributed by atoms with Crippen LogP contribution in [-0.2, 0) is 0 Å². The lowest BCUT2D eigenvalue weighted by molar-refractivity contribution is 1.03. The van der Waals surface area contributed by atoms with Crippen LogP contribution < -0.4 is 11.1 Å². The summed E-state index contributed by atoms with van der Waals surface area (Å²) in [5, 5.41) is 10.3. The Bertz CT molecular complexity index is 444. The minimum Gasteiger partial charge on any atom is -0.381 e. The summed E-state index contributed by atoms with van der Waals surface area (Å²) in [7, 11) is 0. The van der Waals surface area contributed by atoms with Gasteiger partial charge in [-0.1, -0.05) is 29.8 Å². The van der Waals surface area contributed by atoms with E-state index in [0.29, 0.717) is 6.54 Å². The summed E-state index contributed by atoms with van der Waals surface area (Å²) in [4.78, 5) is 0. The summed E-state index contributed by atoms with van der Waals surface area (Å²) >= 11 is 0. The number of aromatic nitrogens is 2. The second-order valence-electron chi connectivity index (χ2n) is 3.74. The van der Waals surface area contributed by atoms with Crippen LogP contribution in [0.1, 0.15) is 5.56 Å². The van der Waals surface area contributed by atoms with Gasteiger partial charge >= 0.3 is 0 Å². The van der Waals surface area contributed by atoms with E-state index in [-0.39, 0.29) is 0 Å². The number of anilines is 1. The summed E-state index contributed by atoms with van der Waals surface area (Å²) in [6.45, 7) is 3.43. The van der Waals surface area contributed by atoms with E-state index in [1.165, 1.54) is 5.56 Å². The SMILES string of the molecule is Cc1ccc(-c2[nH]ncc2NCCN)cc1. The highest BCUT2D eigenvalue weighted by atomic mass is 15.1. The molecular formula is C12H16N4. The number of aromatic amines is 1. The molecule has 4 N–H and O–H groups in total. The van der Waals surface area contributed by atoms with Gasteiger partial charge in [-0.15, -0.1) is 0 Å². The normalized spacial score (nSPS) is 10.4. The second-order valence-corrected chi connectivity index (χ2v) is 3.74. The number of nitrogens with one attached hydrogen (secondary N) is 2. The van der Waals surface area contributed by atoms with Gasteiger partial charge in [0.2, 0.25) is 0 Å². The summed E-state index contributed by atoms with van der Waals surface area (Å²) in [6.07, 6.45) is 1.78. The quantitative estimate of drug-likeness (QED) is 0.729. The minimum atomic E-state index is 0.610. The maximum Gasteiger partial charge on any atom is 0.0882 e. The summed E-state index contributed by atoms with van der Waals surface area (Å²) < 4.78 is 0. The molecule has 0 bridgehead atoms. The molecule has 0 amide bonds. The van der Waals surface area contributed by atoms with Crippen molar-refractivity contribution in [1.29, 1.82) is 0 Å². The van der Waals surface area contributed by atoms with E-state index in [4.69, 9.17) is 5.73 Å². The van der Waals surface area contributed by atoms with Crippen molar-refractivity contribution in [3.8, 4) is 11.3 Å². The molecule has 0 radical (unpaired) electrons. The molecule has 4 heteroatoms. The van der Waals surface area contributed by atoms with Gasteiger partial charge in [-0.3, -0.25) is 5.10 Å². The molecule has 1 aromatic heterocycles. The summed E-state index contributed by atoms with van der Waals surface area (Å²) in [6, 6.07) is 8.33. The smallest absolute Gasteiger partial charge is 0.0882 e. The summed E-state index contributed by atoms with van der Waals surface area (Å²) in [5.74, 6) is 0. The second kappa shape index (κ2) is 4.81. The van der Waals surface area contributed by atoms with Crippen LogP contribution in [0, 0.1) is 6.92 Å². The molecular weight excluding hydrogens is 200 g/mol. The molecule has 0 aliphatic rings. The Hall–Kier alpha value is -1.81. The van der Waals surface area contributed by atoms with E-state index < -0.39 is 0 Å². The number of benzene rings is 1. The standard InChI is InChI=1S/C12H16N4/c1-9-2-4-10(5-3-9)12-11(8-15-16-12)14-7-6-13/h2-5,8,14H,6-7,13H2,1H3,(H,15,16). The molecule has 2 rings (SSSR count). The molecule has 0 atom stereocenters. The third kappa shape index (κ3) is 2.23. The fourth-order valence-electron chi connectivity index (χ4n) is 1.57. The average Bonchev–Trinajstić information content (AvgIpc) is 2.75. The number of nitrogens with two attached hydrogens (primary N) is 1. The van der Waals surface area contributed by atoms with Gasteiger partial charge in [0, 0.05) is 18.7 Å². The Morgan fingerprint density at radius 1 is 1.31 bits per heavy atom. The number of hydrogen-bond acceptors (Lipinski definition) is 3. The fraction of sp³-hybridized carbons (Fsp3) is 0.250. The zero-order chi connectivity index (χ0) is 11.4. The summed E-state index contributed by atoms with van der Waals surface area (Å²) in [5.41, 5.74) is 9.84. The number of H-pyrrole nitrogens is 1. The maximum atomic E-state index is 5.46. The first-order valence-electron chi connectivity index (χ1n) is 5.35. The van der Waals surface area contributed by atoms with Gasteiger partial charge in [0.15, 0.2) is 0 Å². The van der Waals surface area contributed by atoms with Crippen molar-refractivity contribution in [2.24, 2.45) is 5.73 Å². The minimum absolute atomic E-state index is 0.610. The highest BCUT2D eigenvalue weighted by Crippen LogP contribution is 2.25. The molecule has 0 saturated heterocycles. The predicted octanol–water partition coefficient (Wildman–Crippen LogP) is 1.76. The third-order valence-electron chi connectivity index (χ3n) is 2.44. The van der Waals surface area contributed by atoms with Crippen molar-refractivity contribution in [2.45, 2.75) is 6.92 Å². The van der Waals surface area contributed by atoms with Gasteiger partial charge in [-0.05, 0) is 6.92 Å². The van der Waals surface area contributed by atoms with Crippen LogP contribution in [0.3, 0.4) is 0 Å². The van der Waals surface area contributed by atoms with Gasteiger partial charge in [0.25, 0.3) is 0 Å². The maximum absolute atomic E-state index is 5.46. The Kier molecular flexibility index (Phi) is 3.22. The van der Waals surface area contributed by atoms with Crippen molar-refractivity contribution in [2.75, 3.05) is 18.4 Å². The van der Waals surface area contributed by atoms with Gasteiger partial charge in [-0.25, -0.2) is 0 Å². The zero-order valence-electron chi connectivity index (χ0n) is 9.33. The lowest BCUT2D eigenvalue weighted by atomic mass is 10.1. The van der Waals surface area contributed by atoms with Crippen LogP contribution in [0.4, 0.5) is 5.69 Å². The molecule has 0 aliphatic heterocycles. The largest absolute Gasteiger partial charge is 0.381 e. The van der Waals surface area contributed by atoms with Crippen LogP contribution in [0.25, 0.3) is 11.3 Å². The Morgan fingerprint density at radius 3 is 2.75 bits per heavy atom. The van der Waals surface area contributed by atoms with Crippen LogP contribution in [0.15, 0.2) is 30.5 Å². The van der Waals surface area contributed by atoms with Gasteiger partial charge < -0.3 is 11.1 Å². The van der Waals surface area contributed by atoms with Gasteiger partial charge in [0.1, 0.15) is 0 Å². The van der Waals surface area contributed by atoms with E-state index in [1.807, 2.05) is 0 Å². The van der Waals surface area contributed by atoms with E-state index in [0.717, 1.165) is 23.5 Å². The van der Waals surface area contributed by atoms with Crippen LogP contribution in [0.2, 0.25) is 0 Å². The molecule has 0 fully saturated rings. The van der Waals surface area contributed by atoms with Crippen molar-refractivity contribution in [1.82, 2.24) is 10.2 Å². The van der Waals surface area contributed by atoms with E-state index in [9.17, 15) is 0 Å². The van der Waals surface area contributed by atoms with Crippen molar-refractivity contribution < 1.29 is 0 Å². The fourth-order valence-corrected chi connectivity index (χ4v) is 1.57. The van der Waals surface area contributed by atoms with Gasteiger partial charge in [-0.2, -0.15) is 5.10 Å². The molecule has 0 unspecified atom stereocenters. The first-order chi connectivity index (χ1) is 7.81. The van der Waals surface area contributed by atoms with Crippen molar-refractivity contribution >= 4 is 5.69 Å². The first-order valence-corrected chi connectivity index (χ1v) is 5.35. The van der Waals surface area contributed by atoms with Crippen LogP contribution in [0.5, 0.6) is 0 Å². The van der Waals surface area contributed by atoms with Crippen LogP contribution in [-0.4, -0.2) is 23.3 Å². The molecule has 1 heterocycles. The molecule has 0 saturated carbocycles. The molecule has 1 aromatic carbocycles. The highest BCUT2D eigenvalue weighted by molar-refractivity contribution is 5.73. The zero-order valence-corrected chi connectivity index (χ0v) is 9.33. The number of rotatable bonds is 4. The van der Waals surface area contributed by atoms with E-state index >= 15 is 0 Å². The lowest BCUT2D eigenvalue weighted by Crippen LogP contribution is -2.13. The molecule has 4 nitrogen and oxygen atoms in total. The van der Waals surface area contributed by atoms with E-state index in [2.05, 4.69) is 46.7 Å². The highest BCUT2D eigenvalue weighted by Gasteiger charge is 2.06. The number of nitrogens with zero attached hydrogens (tertiary/aromatic N) is 1. The first kappa shape index (κ1) is 10.7. The Labute approximate surface area is 94.9 Å². The van der Waals surface area contributed by atoms with Crippen LogP contribution >= 0.6 is 0 Å². The number of hydrogen-bond donors (Lipinski definition) is 3. The molecule has 16 heavy (non-hydrogen) atoms. The van der Waals surface area contributed by atoms with E-state index in [1.54, 1.807) is 6.20 Å². The molecule has 84 valence electrons. The van der Waals surface area contributed by atoms with Crippen molar-refractivity contribution in [3.05, 3.63) is 36.0 Å². The molecule has 0 spiro atoms. The molecule has 0 aliphatic carbocycles. The average molecular weight is 216 g/mol. The lowest BCUT2D eigenvalue weighted by Gasteiger charge is -2.05. The Morgan fingerprint density at radius 2 is 2.06 bits per heavy atom. The predicted molar refractivity (Wildman–Crippen MR) is 66.3 cm³/mol. The topological polar surface area (TPSA) is 66.7 Å². The number of aryl methyl sites for hydroxylation is 1. The third-order valence-corrected chi connectivity index (χ3v) is 2.44. The Balaban J connectivity index is 2.26. The van der Waals surface area contributed by atoms with Gasteiger partial charge in [0.05, 0.1) is 17.6 Å². The monoisotopic (exact) mass is 216 g/mol. The van der Waals surface area contributed by atoms with Crippen molar-refractivity contribution in [3.63, 3.8) is 0 Å².